The number of nitro groups is 1. The quantitative estimate of drug-likeness (QED) is 0.484. The van der Waals surface area contributed by atoms with Crippen LogP contribution >= 0.6 is 31.9 Å². The molecular weight excluding hydrogens is 446 g/mol. The molecule has 0 aromatic heterocycles. The molecule has 9 heteroatoms. The third kappa shape index (κ3) is 4.60. The SMILES string of the molecule is CC(C)(C)OC(=O)N1CCN(c2cc(Br)c([N+](=O)[O-])c(Br)c2)CC1. The Morgan fingerprint density at radius 2 is 1.67 bits per heavy atom. The van der Waals surface area contributed by atoms with Gasteiger partial charge in [0.2, 0.25) is 0 Å². The van der Waals surface area contributed by atoms with Crippen LogP contribution in [-0.2, 0) is 4.74 Å². The number of carbonyl (C=O) groups excluding carboxylic acids is 1. The summed E-state index contributed by atoms with van der Waals surface area (Å²) in [4.78, 5) is 26.4. The van der Waals surface area contributed by atoms with Gasteiger partial charge in [-0.2, -0.15) is 0 Å². The summed E-state index contributed by atoms with van der Waals surface area (Å²) in [6, 6.07) is 3.46. The first-order valence-electron chi connectivity index (χ1n) is 7.45. The Hall–Kier alpha value is -1.35. The molecule has 1 aliphatic heterocycles. The fourth-order valence-corrected chi connectivity index (χ4v) is 3.83. The number of benzene rings is 1. The fraction of sp³-hybridized carbons (Fsp3) is 0.533. The van der Waals surface area contributed by atoms with Gasteiger partial charge in [-0.1, -0.05) is 0 Å². The van der Waals surface area contributed by atoms with Gasteiger partial charge in [0.1, 0.15) is 5.60 Å². The molecule has 0 spiro atoms. The third-order valence-corrected chi connectivity index (χ3v) is 4.69. The van der Waals surface area contributed by atoms with Crippen molar-refractivity contribution in [2.45, 2.75) is 26.4 Å². The lowest BCUT2D eigenvalue weighted by atomic mass is 10.2. The molecule has 1 heterocycles. The molecule has 0 bridgehead atoms. The molecule has 1 aromatic carbocycles. The van der Waals surface area contributed by atoms with Crippen LogP contribution in [0.5, 0.6) is 0 Å². The summed E-state index contributed by atoms with van der Waals surface area (Å²) in [5.41, 5.74) is 0.358. The molecule has 132 valence electrons. The van der Waals surface area contributed by atoms with E-state index in [0.717, 1.165) is 5.69 Å². The highest BCUT2D eigenvalue weighted by molar-refractivity contribution is 9.11. The predicted octanol–water partition coefficient (Wildman–Crippen LogP) is 4.18. The van der Waals surface area contributed by atoms with Crippen LogP contribution in [0.2, 0.25) is 0 Å². The summed E-state index contributed by atoms with van der Waals surface area (Å²) < 4.78 is 6.22. The van der Waals surface area contributed by atoms with Crippen molar-refractivity contribution < 1.29 is 14.5 Å². The number of hydrogen-bond donors (Lipinski definition) is 0. The number of anilines is 1. The van der Waals surface area contributed by atoms with Crippen molar-refractivity contribution in [1.29, 1.82) is 0 Å². The summed E-state index contributed by atoms with van der Waals surface area (Å²) in [5, 5.41) is 11.0. The van der Waals surface area contributed by atoms with Gasteiger partial charge in [-0.25, -0.2) is 4.79 Å². The number of hydrogen-bond acceptors (Lipinski definition) is 5. The van der Waals surface area contributed by atoms with Crippen LogP contribution in [0, 0.1) is 10.1 Å². The standard InChI is InChI=1S/C15H19Br2N3O4/c1-15(2,3)24-14(21)19-6-4-18(5-7-19)10-8-11(16)13(20(22)23)12(17)9-10/h8-9H,4-7H2,1-3H3. The Labute approximate surface area is 157 Å². The zero-order chi connectivity index (χ0) is 18.1. The smallest absolute Gasteiger partial charge is 0.410 e. The van der Waals surface area contributed by atoms with E-state index in [1.807, 2.05) is 20.8 Å². The number of nitro benzene ring substituents is 1. The molecule has 2 rings (SSSR count). The van der Waals surface area contributed by atoms with Crippen LogP contribution in [0.4, 0.5) is 16.2 Å². The maximum Gasteiger partial charge on any atom is 0.410 e. The Morgan fingerprint density at radius 3 is 2.08 bits per heavy atom. The van der Waals surface area contributed by atoms with Gasteiger partial charge in [0.25, 0.3) is 5.69 Å². The van der Waals surface area contributed by atoms with Crippen LogP contribution in [-0.4, -0.2) is 47.7 Å². The first kappa shape index (κ1) is 19.0. The highest BCUT2D eigenvalue weighted by atomic mass is 79.9. The van der Waals surface area contributed by atoms with Crippen molar-refractivity contribution in [2.24, 2.45) is 0 Å². The van der Waals surface area contributed by atoms with Crippen LogP contribution in [0.1, 0.15) is 20.8 Å². The molecule has 0 radical (unpaired) electrons. The van der Waals surface area contributed by atoms with E-state index in [1.54, 1.807) is 17.0 Å². The van der Waals surface area contributed by atoms with Gasteiger partial charge in [0.05, 0.1) is 13.9 Å². The van der Waals surface area contributed by atoms with Crippen LogP contribution in [0.3, 0.4) is 0 Å². The van der Waals surface area contributed by atoms with Crippen molar-refractivity contribution in [1.82, 2.24) is 4.90 Å². The molecular formula is C15H19Br2N3O4. The van der Waals surface area contributed by atoms with Gasteiger partial charge in [0.15, 0.2) is 0 Å². The number of carbonyl (C=O) groups is 1. The van der Waals surface area contributed by atoms with Crippen LogP contribution < -0.4 is 4.90 Å². The summed E-state index contributed by atoms with van der Waals surface area (Å²) in [5.74, 6) is 0. The highest BCUT2D eigenvalue weighted by Crippen LogP contribution is 2.37. The molecule has 1 aliphatic rings. The summed E-state index contributed by atoms with van der Waals surface area (Å²) >= 11 is 6.50. The van der Waals surface area contributed by atoms with Crippen LogP contribution in [0.25, 0.3) is 0 Å². The van der Waals surface area contributed by atoms with E-state index in [4.69, 9.17) is 4.74 Å². The van der Waals surface area contributed by atoms with Gasteiger partial charge >= 0.3 is 6.09 Å². The molecule has 0 N–H and O–H groups in total. The third-order valence-electron chi connectivity index (χ3n) is 3.48. The predicted molar refractivity (Wildman–Crippen MR) is 98.5 cm³/mol. The summed E-state index contributed by atoms with van der Waals surface area (Å²) in [6.07, 6.45) is -0.312. The molecule has 1 amide bonds. The average molecular weight is 465 g/mol. The Morgan fingerprint density at radius 1 is 1.17 bits per heavy atom. The van der Waals surface area contributed by atoms with Crippen LogP contribution in [0.15, 0.2) is 21.1 Å². The highest BCUT2D eigenvalue weighted by Gasteiger charge is 2.27. The lowest BCUT2D eigenvalue weighted by Crippen LogP contribution is -2.50. The van der Waals surface area contributed by atoms with Crippen molar-refractivity contribution in [3.63, 3.8) is 0 Å². The maximum atomic E-state index is 12.1. The van der Waals surface area contributed by atoms with E-state index >= 15 is 0 Å². The van der Waals surface area contributed by atoms with Gasteiger partial charge in [-0.3, -0.25) is 10.1 Å². The average Bonchev–Trinajstić information content (AvgIpc) is 2.44. The maximum absolute atomic E-state index is 12.1. The second-order valence-corrected chi connectivity index (χ2v) is 8.18. The zero-order valence-corrected chi connectivity index (χ0v) is 16.9. The second-order valence-electron chi connectivity index (χ2n) is 6.47. The second kappa shape index (κ2) is 7.26. The van der Waals surface area contributed by atoms with E-state index in [9.17, 15) is 14.9 Å². The molecule has 0 atom stereocenters. The Kier molecular flexibility index (Phi) is 5.74. The molecule has 0 unspecified atom stereocenters. The van der Waals surface area contributed by atoms with Crippen molar-refractivity contribution in [3.05, 3.63) is 31.2 Å². The lowest BCUT2D eigenvalue weighted by Gasteiger charge is -2.36. The molecule has 1 saturated heterocycles. The van der Waals surface area contributed by atoms with E-state index < -0.39 is 10.5 Å². The number of halogens is 2. The molecule has 0 aliphatic carbocycles. The monoisotopic (exact) mass is 463 g/mol. The first-order chi connectivity index (χ1) is 11.1. The van der Waals surface area contributed by atoms with Gasteiger partial charge in [-0.05, 0) is 64.8 Å². The minimum absolute atomic E-state index is 0.00569. The topological polar surface area (TPSA) is 75.9 Å². The number of rotatable bonds is 2. The van der Waals surface area contributed by atoms with Gasteiger partial charge in [-0.15, -0.1) is 0 Å². The number of amides is 1. The lowest BCUT2D eigenvalue weighted by molar-refractivity contribution is -0.386. The Balaban J connectivity index is 2.05. The minimum atomic E-state index is -0.512. The molecule has 7 nitrogen and oxygen atoms in total. The first-order valence-corrected chi connectivity index (χ1v) is 9.03. The van der Waals surface area contributed by atoms with Crippen molar-refractivity contribution >= 4 is 49.3 Å². The largest absolute Gasteiger partial charge is 0.444 e. The normalized spacial score (nSPS) is 15.4. The van der Waals surface area contributed by atoms with E-state index in [2.05, 4.69) is 36.8 Å². The number of nitrogens with zero attached hydrogens (tertiary/aromatic N) is 3. The van der Waals surface area contributed by atoms with Crippen molar-refractivity contribution in [2.75, 3.05) is 31.1 Å². The molecule has 0 saturated carbocycles. The molecule has 1 aromatic rings. The summed E-state index contributed by atoms with van der Waals surface area (Å²) in [6.45, 7) is 7.88. The minimum Gasteiger partial charge on any atom is -0.444 e. The van der Waals surface area contributed by atoms with E-state index in [-0.39, 0.29) is 11.8 Å². The Bertz CT molecular complexity index is 630. The van der Waals surface area contributed by atoms with E-state index in [0.29, 0.717) is 35.1 Å². The van der Waals surface area contributed by atoms with E-state index in [1.165, 1.54) is 0 Å². The zero-order valence-electron chi connectivity index (χ0n) is 13.7. The van der Waals surface area contributed by atoms with Crippen molar-refractivity contribution in [3.8, 4) is 0 Å². The number of ether oxygens (including phenoxy) is 1. The van der Waals surface area contributed by atoms with Gasteiger partial charge in [0, 0.05) is 31.9 Å². The van der Waals surface area contributed by atoms with Gasteiger partial charge < -0.3 is 14.5 Å². The molecule has 24 heavy (non-hydrogen) atoms. The molecule has 1 fully saturated rings. The summed E-state index contributed by atoms with van der Waals surface area (Å²) in [7, 11) is 0. The fourth-order valence-electron chi connectivity index (χ4n) is 2.38. The number of piperazine rings is 1.